The molecule has 3 aromatic carbocycles. The van der Waals surface area contributed by atoms with Gasteiger partial charge in [-0.2, -0.15) is 5.10 Å². The highest BCUT2D eigenvalue weighted by atomic mass is 16.5. The number of carbonyl (C=O) groups is 1. The number of carbonyl (C=O) groups excluding carboxylic acids is 1. The molecule has 3 aromatic rings. The van der Waals surface area contributed by atoms with Crippen LogP contribution >= 0.6 is 0 Å². The average Bonchev–Trinajstić information content (AvgIpc) is 2.74. The van der Waals surface area contributed by atoms with E-state index in [1.165, 1.54) is 6.21 Å². The van der Waals surface area contributed by atoms with Crippen molar-refractivity contribution in [2.24, 2.45) is 5.10 Å². The molecule has 30 heavy (non-hydrogen) atoms. The van der Waals surface area contributed by atoms with Gasteiger partial charge >= 0.3 is 0 Å². The number of aliphatic hydroxyl groups is 1. The summed E-state index contributed by atoms with van der Waals surface area (Å²) >= 11 is 0. The first-order valence-electron chi connectivity index (χ1n) is 9.86. The van der Waals surface area contributed by atoms with Crippen LogP contribution in [0.2, 0.25) is 0 Å². The van der Waals surface area contributed by atoms with Crippen molar-refractivity contribution in [3.05, 3.63) is 101 Å². The molecule has 5 heteroatoms. The number of rotatable bonds is 7. The van der Waals surface area contributed by atoms with Crippen LogP contribution in [0.25, 0.3) is 0 Å². The molecule has 0 heterocycles. The van der Waals surface area contributed by atoms with Gasteiger partial charge in [0.15, 0.2) is 5.60 Å². The van der Waals surface area contributed by atoms with Gasteiger partial charge in [-0.3, -0.25) is 4.79 Å². The van der Waals surface area contributed by atoms with Crippen molar-refractivity contribution in [3.8, 4) is 5.75 Å². The Balaban J connectivity index is 1.87. The predicted octanol–water partition coefficient (Wildman–Crippen LogP) is 4.09. The molecular weight excluding hydrogens is 376 g/mol. The van der Waals surface area contributed by atoms with Crippen molar-refractivity contribution in [2.45, 2.75) is 26.4 Å². The van der Waals surface area contributed by atoms with Crippen molar-refractivity contribution in [2.75, 3.05) is 6.61 Å². The smallest absolute Gasteiger partial charge is 0.281 e. The molecule has 0 aliphatic heterocycles. The summed E-state index contributed by atoms with van der Waals surface area (Å²) in [6, 6.07) is 21.9. The Morgan fingerprint density at radius 1 is 1.00 bits per heavy atom. The molecule has 0 saturated carbocycles. The number of ether oxygens (including phenoxy) is 1. The Morgan fingerprint density at radius 2 is 1.57 bits per heavy atom. The third-order valence-corrected chi connectivity index (χ3v) is 4.77. The van der Waals surface area contributed by atoms with Gasteiger partial charge in [-0.05, 0) is 61.7 Å². The van der Waals surface area contributed by atoms with Crippen LogP contribution in [0.3, 0.4) is 0 Å². The lowest BCUT2D eigenvalue weighted by Gasteiger charge is -2.27. The predicted molar refractivity (Wildman–Crippen MR) is 119 cm³/mol. The topological polar surface area (TPSA) is 70.9 Å². The van der Waals surface area contributed by atoms with E-state index in [1.54, 1.807) is 24.3 Å². The summed E-state index contributed by atoms with van der Waals surface area (Å²) in [5.41, 5.74) is 4.30. The number of benzene rings is 3. The first kappa shape index (κ1) is 21.3. The first-order valence-corrected chi connectivity index (χ1v) is 9.86. The second-order valence-electron chi connectivity index (χ2n) is 7.15. The lowest BCUT2D eigenvalue weighted by atomic mass is 9.84. The maximum atomic E-state index is 13.1. The van der Waals surface area contributed by atoms with Gasteiger partial charge in [0.25, 0.3) is 5.91 Å². The Kier molecular flexibility index (Phi) is 6.65. The molecule has 0 unspecified atom stereocenters. The Bertz CT molecular complexity index is 997. The molecule has 0 saturated heterocycles. The summed E-state index contributed by atoms with van der Waals surface area (Å²) in [5.74, 6) is 0.146. The van der Waals surface area contributed by atoms with Crippen molar-refractivity contribution >= 4 is 12.1 Å². The van der Waals surface area contributed by atoms with Crippen LogP contribution in [0.5, 0.6) is 5.75 Å². The van der Waals surface area contributed by atoms with E-state index in [4.69, 9.17) is 4.74 Å². The normalized spacial score (nSPS) is 11.5. The molecule has 3 rings (SSSR count). The SMILES string of the molecule is CCOc1ccc(C=NNC(=O)C(O)(c2cccc(C)c2)c2cccc(C)c2)cc1. The zero-order valence-electron chi connectivity index (χ0n) is 17.4. The summed E-state index contributed by atoms with van der Waals surface area (Å²) in [6.45, 7) is 6.36. The fraction of sp³-hybridized carbons (Fsp3) is 0.200. The lowest BCUT2D eigenvalue weighted by Crippen LogP contribution is -2.43. The average molecular weight is 402 g/mol. The van der Waals surface area contributed by atoms with E-state index in [1.807, 2.05) is 69.3 Å². The van der Waals surface area contributed by atoms with Crippen LogP contribution in [0.15, 0.2) is 77.9 Å². The maximum Gasteiger partial charge on any atom is 0.281 e. The van der Waals surface area contributed by atoms with E-state index in [2.05, 4.69) is 10.5 Å². The van der Waals surface area contributed by atoms with Gasteiger partial charge in [-0.15, -0.1) is 0 Å². The summed E-state index contributed by atoms with van der Waals surface area (Å²) in [4.78, 5) is 13.1. The van der Waals surface area contributed by atoms with Gasteiger partial charge in [0.05, 0.1) is 12.8 Å². The third-order valence-electron chi connectivity index (χ3n) is 4.77. The Labute approximate surface area is 177 Å². The highest BCUT2D eigenvalue weighted by molar-refractivity contribution is 5.91. The molecule has 0 radical (unpaired) electrons. The number of hydrogen-bond donors (Lipinski definition) is 2. The van der Waals surface area contributed by atoms with Crippen LogP contribution in [0.4, 0.5) is 0 Å². The molecule has 0 fully saturated rings. The minimum Gasteiger partial charge on any atom is -0.494 e. The van der Waals surface area contributed by atoms with Crippen molar-refractivity contribution in [1.82, 2.24) is 5.43 Å². The van der Waals surface area contributed by atoms with E-state index >= 15 is 0 Å². The van der Waals surface area contributed by atoms with E-state index in [-0.39, 0.29) is 0 Å². The molecule has 0 bridgehead atoms. The van der Waals surface area contributed by atoms with Crippen molar-refractivity contribution < 1.29 is 14.6 Å². The van der Waals surface area contributed by atoms with Crippen LogP contribution < -0.4 is 10.2 Å². The molecule has 0 aliphatic rings. The van der Waals surface area contributed by atoms with Crippen LogP contribution in [0.1, 0.15) is 34.7 Å². The second-order valence-corrected chi connectivity index (χ2v) is 7.15. The van der Waals surface area contributed by atoms with E-state index in [0.717, 1.165) is 22.4 Å². The van der Waals surface area contributed by atoms with E-state index < -0.39 is 11.5 Å². The van der Waals surface area contributed by atoms with Gasteiger partial charge in [-0.25, -0.2) is 5.43 Å². The molecule has 5 nitrogen and oxygen atoms in total. The Morgan fingerprint density at radius 3 is 2.07 bits per heavy atom. The molecule has 0 atom stereocenters. The zero-order chi connectivity index (χ0) is 21.6. The monoisotopic (exact) mass is 402 g/mol. The van der Waals surface area contributed by atoms with Gasteiger partial charge in [0.1, 0.15) is 5.75 Å². The maximum absolute atomic E-state index is 13.1. The van der Waals surface area contributed by atoms with Crippen molar-refractivity contribution in [3.63, 3.8) is 0 Å². The van der Waals surface area contributed by atoms with Crippen LogP contribution in [-0.4, -0.2) is 23.8 Å². The molecule has 2 N–H and O–H groups in total. The summed E-state index contributed by atoms with van der Waals surface area (Å²) in [7, 11) is 0. The quantitative estimate of drug-likeness (QED) is 0.462. The summed E-state index contributed by atoms with van der Waals surface area (Å²) in [6.07, 6.45) is 1.53. The number of aryl methyl sites for hydroxylation is 2. The fourth-order valence-electron chi connectivity index (χ4n) is 3.23. The minimum absolute atomic E-state index is 0.488. The minimum atomic E-state index is -1.87. The molecule has 154 valence electrons. The second kappa shape index (κ2) is 9.37. The highest BCUT2D eigenvalue weighted by Crippen LogP contribution is 2.31. The van der Waals surface area contributed by atoms with Gasteiger partial charge in [0.2, 0.25) is 0 Å². The third kappa shape index (κ3) is 4.75. The molecule has 1 amide bonds. The molecule has 0 spiro atoms. The molecule has 0 aliphatic carbocycles. The van der Waals surface area contributed by atoms with E-state index in [9.17, 15) is 9.90 Å². The Hall–Kier alpha value is -3.44. The number of hydrogen-bond acceptors (Lipinski definition) is 4. The van der Waals surface area contributed by atoms with Crippen LogP contribution in [0, 0.1) is 13.8 Å². The number of nitrogens with one attached hydrogen (secondary N) is 1. The zero-order valence-corrected chi connectivity index (χ0v) is 17.4. The van der Waals surface area contributed by atoms with Gasteiger partial charge in [-0.1, -0.05) is 59.7 Å². The summed E-state index contributed by atoms with van der Waals surface area (Å²) in [5, 5.41) is 15.6. The fourth-order valence-corrected chi connectivity index (χ4v) is 3.23. The van der Waals surface area contributed by atoms with E-state index in [0.29, 0.717) is 17.7 Å². The molecule has 0 aromatic heterocycles. The van der Waals surface area contributed by atoms with Gasteiger partial charge in [0, 0.05) is 0 Å². The van der Waals surface area contributed by atoms with Crippen molar-refractivity contribution in [1.29, 1.82) is 0 Å². The number of hydrazone groups is 1. The lowest BCUT2D eigenvalue weighted by molar-refractivity contribution is -0.136. The number of nitrogens with zero attached hydrogens (tertiary/aromatic N) is 1. The summed E-state index contributed by atoms with van der Waals surface area (Å²) < 4.78 is 5.42. The number of amides is 1. The largest absolute Gasteiger partial charge is 0.494 e. The highest BCUT2D eigenvalue weighted by Gasteiger charge is 2.40. The molecular formula is C25H26N2O3. The first-order chi connectivity index (χ1) is 14.4. The standard InChI is InChI=1S/C25H26N2O3/c1-4-30-23-13-11-20(12-14-23)17-26-27-24(28)25(29,21-9-5-7-18(2)15-21)22-10-6-8-19(3)16-22/h5-17,29H,4H2,1-3H3,(H,27,28). The van der Waals surface area contributed by atoms with Gasteiger partial charge < -0.3 is 9.84 Å². The van der Waals surface area contributed by atoms with Crippen LogP contribution in [-0.2, 0) is 10.4 Å².